The molecule has 94 valence electrons. The minimum absolute atomic E-state index is 0.304. The highest BCUT2D eigenvalue weighted by Gasteiger charge is 2.16. The summed E-state index contributed by atoms with van der Waals surface area (Å²) < 4.78 is 10.4. The third-order valence-electron chi connectivity index (χ3n) is 2.56. The van der Waals surface area contributed by atoms with Crippen LogP contribution in [-0.2, 0) is 0 Å². The minimum Gasteiger partial charge on any atom is -0.497 e. The topological polar surface area (TPSA) is 55.8 Å². The van der Waals surface area contributed by atoms with Gasteiger partial charge >= 0.3 is 5.97 Å². The summed E-state index contributed by atoms with van der Waals surface area (Å²) in [5.41, 5.74) is 1.41. The van der Waals surface area contributed by atoms with Gasteiger partial charge in [-0.25, -0.2) is 4.79 Å². The molecule has 1 aromatic heterocycles. The Morgan fingerprint density at radius 3 is 2.56 bits per heavy atom. The number of methoxy groups -OCH3 is 2. The van der Waals surface area contributed by atoms with Crippen molar-refractivity contribution in [2.75, 3.05) is 14.2 Å². The van der Waals surface area contributed by atoms with Crippen LogP contribution in [-0.4, -0.2) is 25.3 Å². The predicted octanol–water partition coefficient (Wildman–Crippen LogP) is 3.13. The lowest BCUT2D eigenvalue weighted by Crippen LogP contribution is -1.96. The lowest BCUT2D eigenvalue weighted by Gasteiger charge is -2.10. The number of ether oxygens (including phenoxy) is 2. The third-order valence-corrected chi connectivity index (χ3v) is 3.46. The van der Waals surface area contributed by atoms with Crippen LogP contribution in [0.3, 0.4) is 0 Å². The summed E-state index contributed by atoms with van der Waals surface area (Å²) >= 11 is 1.20. The van der Waals surface area contributed by atoms with Crippen molar-refractivity contribution < 1.29 is 19.4 Å². The lowest BCUT2D eigenvalue weighted by molar-refractivity contribution is 0.0703. The molecule has 1 aromatic carbocycles. The summed E-state index contributed by atoms with van der Waals surface area (Å²) in [6.45, 7) is 0. The van der Waals surface area contributed by atoms with Gasteiger partial charge in [-0.15, -0.1) is 11.3 Å². The van der Waals surface area contributed by atoms with E-state index >= 15 is 0 Å². The van der Waals surface area contributed by atoms with Gasteiger partial charge in [-0.05, 0) is 23.6 Å². The summed E-state index contributed by atoms with van der Waals surface area (Å²) in [7, 11) is 3.12. The van der Waals surface area contributed by atoms with Gasteiger partial charge < -0.3 is 14.6 Å². The zero-order chi connectivity index (χ0) is 13.1. The third kappa shape index (κ3) is 2.17. The molecule has 0 aliphatic carbocycles. The molecule has 1 N–H and O–H groups in total. The molecule has 0 spiro atoms. The molecule has 0 bridgehead atoms. The maximum Gasteiger partial charge on any atom is 0.346 e. The van der Waals surface area contributed by atoms with Gasteiger partial charge in [0.1, 0.15) is 16.4 Å². The highest BCUT2D eigenvalue weighted by molar-refractivity contribution is 7.12. The standard InChI is InChI=1S/C13H12O4S/c1-16-8-3-4-9(11(7-8)17-2)10-5-6-18-12(10)13(14)15/h3-7H,1-2H3,(H,14,15). The molecule has 0 radical (unpaired) electrons. The average Bonchev–Trinajstić information content (AvgIpc) is 2.87. The lowest BCUT2D eigenvalue weighted by atomic mass is 10.1. The predicted molar refractivity (Wildman–Crippen MR) is 69.8 cm³/mol. The van der Waals surface area contributed by atoms with Gasteiger partial charge in [-0.3, -0.25) is 0 Å². The van der Waals surface area contributed by atoms with Crippen molar-refractivity contribution in [2.24, 2.45) is 0 Å². The van der Waals surface area contributed by atoms with E-state index in [0.29, 0.717) is 21.9 Å². The van der Waals surface area contributed by atoms with E-state index in [1.54, 1.807) is 43.9 Å². The quantitative estimate of drug-likeness (QED) is 0.921. The molecular weight excluding hydrogens is 252 g/mol. The molecular formula is C13H12O4S. The number of thiophene rings is 1. The number of benzene rings is 1. The molecule has 5 heteroatoms. The second-order valence-corrected chi connectivity index (χ2v) is 4.45. The number of rotatable bonds is 4. The largest absolute Gasteiger partial charge is 0.497 e. The van der Waals surface area contributed by atoms with Crippen molar-refractivity contribution in [3.63, 3.8) is 0 Å². The van der Waals surface area contributed by atoms with Crippen molar-refractivity contribution in [3.05, 3.63) is 34.5 Å². The number of carboxylic acids is 1. The molecule has 0 saturated heterocycles. The number of carboxylic acid groups (broad SMARTS) is 1. The van der Waals surface area contributed by atoms with Crippen molar-refractivity contribution in [1.82, 2.24) is 0 Å². The Kier molecular flexibility index (Phi) is 3.53. The Hall–Kier alpha value is -2.01. The molecule has 4 nitrogen and oxygen atoms in total. The van der Waals surface area contributed by atoms with Gasteiger partial charge in [0.05, 0.1) is 14.2 Å². The summed E-state index contributed by atoms with van der Waals surface area (Å²) in [5.74, 6) is 0.329. The van der Waals surface area contributed by atoms with Gasteiger partial charge in [0.15, 0.2) is 0 Å². The van der Waals surface area contributed by atoms with E-state index in [1.165, 1.54) is 11.3 Å². The number of hydrogen-bond acceptors (Lipinski definition) is 4. The highest BCUT2D eigenvalue weighted by Crippen LogP contribution is 2.37. The van der Waals surface area contributed by atoms with Crippen molar-refractivity contribution in [1.29, 1.82) is 0 Å². The zero-order valence-electron chi connectivity index (χ0n) is 9.97. The van der Waals surface area contributed by atoms with Gasteiger partial charge in [0.2, 0.25) is 0 Å². The summed E-state index contributed by atoms with van der Waals surface area (Å²) in [6.07, 6.45) is 0. The highest BCUT2D eigenvalue weighted by atomic mass is 32.1. The SMILES string of the molecule is COc1ccc(-c2ccsc2C(=O)O)c(OC)c1. The smallest absolute Gasteiger partial charge is 0.346 e. The van der Waals surface area contributed by atoms with Crippen LogP contribution in [0.1, 0.15) is 9.67 Å². The normalized spacial score (nSPS) is 10.1. The molecule has 2 rings (SSSR count). The molecule has 0 atom stereocenters. The van der Waals surface area contributed by atoms with Crippen LogP contribution in [0.2, 0.25) is 0 Å². The average molecular weight is 264 g/mol. The summed E-state index contributed by atoms with van der Waals surface area (Å²) in [5, 5.41) is 10.9. The van der Waals surface area contributed by atoms with E-state index in [1.807, 2.05) is 0 Å². The fraction of sp³-hybridized carbons (Fsp3) is 0.154. The first kappa shape index (κ1) is 12.4. The van der Waals surface area contributed by atoms with Crippen molar-refractivity contribution in [2.45, 2.75) is 0 Å². The fourth-order valence-electron chi connectivity index (χ4n) is 1.71. The second-order valence-electron chi connectivity index (χ2n) is 3.53. The van der Waals surface area contributed by atoms with Gasteiger partial charge in [0.25, 0.3) is 0 Å². The fourth-order valence-corrected chi connectivity index (χ4v) is 2.45. The summed E-state index contributed by atoms with van der Waals surface area (Å²) in [4.78, 5) is 11.4. The number of aromatic carboxylic acids is 1. The van der Waals surface area contributed by atoms with E-state index < -0.39 is 5.97 Å². The Balaban J connectivity index is 2.56. The van der Waals surface area contributed by atoms with Crippen LogP contribution in [0.4, 0.5) is 0 Å². The minimum atomic E-state index is -0.933. The molecule has 0 fully saturated rings. The molecule has 0 aliphatic heterocycles. The molecule has 2 aromatic rings. The molecule has 0 unspecified atom stereocenters. The first-order valence-electron chi connectivity index (χ1n) is 5.20. The maximum absolute atomic E-state index is 11.1. The van der Waals surface area contributed by atoms with E-state index in [-0.39, 0.29) is 0 Å². The van der Waals surface area contributed by atoms with Crippen LogP contribution < -0.4 is 9.47 Å². The Labute approximate surface area is 108 Å². The van der Waals surface area contributed by atoms with E-state index in [0.717, 1.165) is 5.56 Å². The van der Waals surface area contributed by atoms with Crippen LogP contribution in [0.15, 0.2) is 29.6 Å². The van der Waals surface area contributed by atoms with E-state index in [4.69, 9.17) is 14.6 Å². The molecule has 0 aliphatic rings. The maximum atomic E-state index is 11.1. The Bertz CT molecular complexity index is 574. The van der Waals surface area contributed by atoms with Crippen LogP contribution in [0, 0.1) is 0 Å². The molecule has 0 amide bonds. The Morgan fingerprint density at radius 1 is 1.17 bits per heavy atom. The van der Waals surface area contributed by atoms with Crippen molar-refractivity contribution in [3.8, 4) is 22.6 Å². The molecule has 18 heavy (non-hydrogen) atoms. The zero-order valence-corrected chi connectivity index (χ0v) is 10.8. The van der Waals surface area contributed by atoms with Crippen LogP contribution in [0.25, 0.3) is 11.1 Å². The monoisotopic (exact) mass is 264 g/mol. The van der Waals surface area contributed by atoms with Crippen molar-refractivity contribution >= 4 is 17.3 Å². The number of carbonyl (C=O) groups is 1. The summed E-state index contributed by atoms with van der Waals surface area (Å²) in [6, 6.07) is 7.09. The Morgan fingerprint density at radius 2 is 1.94 bits per heavy atom. The van der Waals surface area contributed by atoms with E-state index in [2.05, 4.69) is 0 Å². The van der Waals surface area contributed by atoms with Crippen LogP contribution in [0.5, 0.6) is 11.5 Å². The first-order chi connectivity index (χ1) is 8.67. The van der Waals surface area contributed by atoms with Gasteiger partial charge in [-0.2, -0.15) is 0 Å². The second kappa shape index (κ2) is 5.10. The van der Waals surface area contributed by atoms with E-state index in [9.17, 15) is 4.79 Å². The molecule has 0 saturated carbocycles. The van der Waals surface area contributed by atoms with Gasteiger partial charge in [0, 0.05) is 17.2 Å². The first-order valence-corrected chi connectivity index (χ1v) is 6.08. The molecule has 1 heterocycles. The van der Waals surface area contributed by atoms with Crippen LogP contribution >= 0.6 is 11.3 Å². The van der Waals surface area contributed by atoms with Gasteiger partial charge in [-0.1, -0.05) is 0 Å². The number of hydrogen-bond donors (Lipinski definition) is 1.